The number of carboxylic acids is 1. The third-order valence-electron chi connectivity index (χ3n) is 5.93. The number of nitrogens with zero attached hydrogens (tertiary/aromatic N) is 6. The maximum absolute atomic E-state index is 13.3. The van der Waals surface area contributed by atoms with Gasteiger partial charge < -0.3 is 5.11 Å². The highest BCUT2D eigenvalue weighted by molar-refractivity contribution is 5.95. The van der Waals surface area contributed by atoms with Gasteiger partial charge in [-0.2, -0.15) is 5.10 Å². The zero-order valence-electron chi connectivity index (χ0n) is 18.7. The predicted octanol–water partition coefficient (Wildman–Crippen LogP) is 3.15. The lowest BCUT2D eigenvalue weighted by Crippen LogP contribution is -2.26. The van der Waals surface area contributed by atoms with Crippen LogP contribution in [0.25, 0.3) is 39.0 Å². The van der Waals surface area contributed by atoms with Crippen molar-refractivity contribution >= 4 is 27.9 Å². The van der Waals surface area contributed by atoms with Crippen LogP contribution in [0.4, 0.5) is 0 Å². The summed E-state index contributed by atoms with van der Waals surface area (Å²) in [5.41, 5.74) is 5.48. The van der Waals surface area contributed by atoms with E-state index in [4.69, 9.17) is 4.98 Å². The lowest BCUT2D eigenvalue weighted by atomic mass is 10.1. The maximum atomic E-state index is 13.3. The largest absolute Gasteiger partial charge is 0.480 e. The van der Waals surface area contributed by atoms with Crippen molar-refractivity contribution in [3.05, 3.63) is 70.0 Å². The Morgan fingerprint density at radius 3 is 2.48 bits per heavy atom. The Bertz CT molecular complexity index is 1640. The second-order valence-corrected chi connectivity index (χ2v) is 8.11. The number of para-hydroxylation sites is 1. The summed E-state index contributed by atoms with van der Waals surface area (Å²) in [5, 5.41) is 14.8. The van der Waals surface area contributed by atoms with Gasteiger partial charge in [-0.15, -0.1) is 0 Å². The van der Waals surface area contributed by atoms with Crippen molar-refractivity contribution in [1.82, 2.24) is 28.9 Å². The zero-order chi connectivity index (χ0) is 23.4. The number of aliphatic carboxylic acids is 1. The number of rotatable bonds is 4. The summed E-state index contributed by atoms with van der Waals surface area (Å²) in [6.45, 7) is 5.24. The molecule has 1 N–H and O–H groups in total. The average Bonchev–Trinajstić information content (AvgIpc) is 3.22. The van der Waals surface area contributed by atoms with E-state index in [-0.39, 0.29) is 0 Å². The van der Waals surface area contributed by atoms with Crippen LogP contribution in [0.3, 0.4) is 0 Å². The summed E-state index contributed by atoms with van der Waals surface area (Å²) >= 11 is 0. The minimum atomic E-state index is -1.08. The SMILES string of the molecule is Cc1nc(-c2cccc3c2c(C)nn3C)ncc1-n1c(=O)n(CC(=O)O)c2cccc(C)c21. The van der Waals surface area contributed by atoms with E-state index < -0.39 is 18.2 Å². The van der Waals surface area contributed by atoms with Crippen LogP contribution in [0.5, 0.6) is 0 Å². The fourth-order valence-electron chi connectivity index (χ4n) is 4.50. The summed E-state index contributed by atoms with van der Waals surface area (Å²) in [7, 11) is 1.90. The number of aryl methyl sites for hydroxylation is 4. The van der Waals surface area contributed by atoms with E-state index >= 15 is 0 Å². The number of carbonyl (C=O) groups is 1. The van der Waals surface area contributed by atoms with Crippen molar-refractivity contribution in [2.45, 2.75) is 27.3 Å². The summed E-state index contributed by atoms with van der Waals surface area (Å²) in [6.07, 6.45) is 1.63. The highest BCUT2D eigenvalue weighted by atomic mass is 16.4. The van der Waals surface area contributed by atoms with E-state index in [1.165, 1.54) is 9.13 Å². The highest BCUT2D eigenvalue weighted by Crippen LogP contribution is 2.30. The number of aromatic nitrogens is 6. The molecule has 0 bridgehead atoms. The minimum Gasteiger partial charge on any atom is -0.480 e. The normalized spacial score (nSPS) is 11.5. The molecular formula is C24H22N6O3. The van der Waals surface area contributed by atoms with E-state index in [0.717, 1.165) is 27.7 Å². The van der Waals surface area contributed by atoms with Crippen molar-refractivity contribution in [1.29, 1.82) is 0 Å². The monoisotopic (exact) mass is 442 g/mol. The molecule has 0 saturated carbocycles. The molecule has 0 spiro atoms. The fraction of sp³-hybridized carbons (Fsp3) is 0.208. The van der Waals surface area contributed by atoms with E-state index in [1.807, 2.05) is 62.8 Å². The molecule has 3 aromatic heterocycles. The van der Waals surface area contributed by atoms with Gasteiger partial charge in [-0.05, 0) is 38.5 Å². The topological polar surface area (TPSA) is 108 Å². The van der Waals surface area contributed by atoms with Crippen molar-refractivity contribution in [3.63, 3.8) is 0 Å². The molecule has 0 amide bonds. The number of imidazole rings is 1. The van der Waals surface area contributed by atoms with Gasteiger partial charge in [0.15, 0.2) is 5.82 Å². The summed E-state index contributed by atoms with van der Waals surface area (Å²) in [4.78, 5) is 34.0. The molecular weight excluding hydrogens is 420 g/mol. The predicted molar refractivity (Wildman–Crippen MR) is 125 cm³/mol. The lowest BCUT2D eigenvalue weighted by Gasteiger charge is -2.10. The third kappa shape index (κ3) is 3.12. The van der Waals surface area contributed by atoms with E-state index in [9.17, 15) is 14.7 Å². The zero-order valence-corrected chi connectivity index (χ0v) is 18.7. The smallest absolute Gasteiger partial charge is 0.334 e. The minimum absolute atomic E-state index is 0.425. The first kappa shape index (κ1) is 20.6. The molecule has 33 heavy (non-hydrogen) atoms. The van der Waals surface area contributed by atoms with Gasteiger partial charge in [0.25, 0.3) is 0 Å². The first-order valence-corrected chi connectivity index (χ1v) is 10.5. The summed E-state index contributed by atoms with van der Waals surface area (Å²) < 4.78 is 4.59. The van der Waals surface area contributed by atoms with Crippen LogP contribution in [0.1, 0.15) is 17.0 Å². The van der Waals surface area contributed by atoms with E-state index in [1.54, 1.807) is 12.3 Å². The molecule has 0 aliphatic carbocycles. The second-order valence-electron chi connectivity index (χ2n) is 8.11. The van der Waals surface area contributed by atoms with E-state index in [0.29, 0.717) is 28.2 Å². The van der Waals surface area contributed by atoms with Gasteiger partial charge in [-0.3, -0.25) is 18.6 Å². The van der Waals surface area contributed by atoms with Crippen LogP contribution in [0.15, 0.2) is 47.4 Å². The molecule has 5 aromatic rings. The van der Waals surface area contributed by atoms with E-state index in [2.05, 4.69) is 10.1 Å². The maximum Gasteiger partial charge on any atom is 0.334 e. The first-order chi connectivity index (χ1) is 15.8. The average molecular weight is 442 g/mol. The van der Waals surface area contributed by atoms with Crippen LogP contribution in [0.2, 0.25) is 0 Å². The Hall–Kier alpha value is -4.27. The van der Waals surface area contributed by atoms with Gasteiger partial charge in [0.2, 0.25) is 0 Å². The molecule has 3 heterocycles. The highest BCUT2D eigenvalue weighted by Gasteiger charge is 2.21. The second kappa shape index (κ2) is 7.40. The number of hydrogen-bond acceptors (Lipinski definition) is 5. The molecule has 0 aliphatic heterocycles. The molecule has 0 saturated heterocycles. The Labute approximate surface area is 188 Å². The fourth-order valence-corrected chi connectivity index (χ4v) is 4.50. The number of hydrogen-bond donors (Lipinski definition) is 1. The summed E-state index contributed by atoms with van der Waals surface area (Å²) in [6, 6.07) is 11.3. The molecule has 0 radical (unpaired) electrons. The number of fused-ring (bicyclic) bond motifs is 2. The molecule has 9 nitrogen and oxygen atoms in total. The molecule has 166 valence electrons. The van der Waals surface area contributed by atoms with Crippen LogP contribution < -0.4 is 5.69 Å². The molecule has 9 heteroatoms. The van der Waals surface area contributed by atoms with Crippen LogP contribution in [0, 0.1) is 20.8 Å². The number of benzene rings is 2. The van der Waals surface area contributed by atoms with Gasteiger partial charge in [-0.25, -0.2) is 14.8 Å². The Kier molecular flexibility index (Phi) is 4.63. The third-order valence-corrected chi connectivity index (χ3v) is 5.93. The number of carboxylic acid groups (broad SMARTS) is 1. The molecule has 0 atom stereocenters. The molecule has 0 aliphatic rings. The quantitative estimate of drug-likeness (QED) is 0.458. The van der Waals surface area contributed by atoms with Crippen molar-refractivity contribution < 1.29 is 9.90 Å². The van der Waals surface area contributed by atoms with Crippen molar-refractivity contribution in [3.8, 4) is 17.1 Å². The Morgan fingerprint density at radius 1 is 1.03 bits per heavy atom. The molecule has 5 rings (SSSR count). The van der Waals surface area contributed by atoms with Crippen molar-refractivity contribution in [2.24, 2.45) is 7.05 Å². The molecule has 2 aromatic carbocycles. The van der Waals surface area contributed by atoms with Crippen LogP contribution >= 0.6 is 0 Å². The Morgan fingerprint density at radius 2 is 1.76 bits per heavy atom. The summed E-state index contributed by atoms with van der Waals surface area (Å²) in [5.74, 6) is -0.544. The van der Waals surface area contributed by atoms with Gasteiger partial charge >= 0.3 is 11.7 Å². The van der Waals surface area contributed by atoms with Crippen LogP contribution in [-0.2, 0) is 18.4 Å². The van der Waals surface area contributed by atoms with Crippen LogP contribution in [-0.4, -0.2) is 40.0 Å². The van der Waals surface area contributed by atoms with Gasteiger partial charge in [0, 0.05) is 18.0 Å². The Balaban J connectivity index is 1.74. The van der Waals surface area contributed by atoms with Gasteiger partial charge in [0.1, 0.15) is 6.54 Å². The first-order valence-electron chi connectivity index (χ1n) is 10.5. The lowest BCUT2D eigenvalue weighted by molar-refractivity contribution is -0.137. The van der Waals surface area contributed by atoms with Gasteiger partial charge in [-0.1, -0.05) is 24.3 Å². The molecule has 0 fully saturated rings. The van der Waals surface area contributed by atoms with Gasteiger partial charge in [0.05, 0.1) is 39.8 Å². The van der Waals surface area contributed by atoms with Crippen molar-refractivity contribution in [2.75, 3.05) is 0 Å². The standard InChI is InChI=1S/C24H22N6O3/c1-13-7-5-10-18-22(13)30(24(33)29(18)12-20(31)32)19-11-25-23(26-14(19)2)16-8-6-9-17-21(16)15(3)27-28(17)4/h5-11H,12H2,1-4H3,(H,31,32). The molecule has 0 unspecified atom stereocenters.